The van der Waals surface area contributed by atoms with Crippen molar-refractivity contribution >= 4 is 11.7 Å². The van der Waals surface area contributed by atoms with Crippen LogP contribution in [0.25, 0.3) is 0 Å². The molecule has 0 bridgehead atoms. The largest absolute Gasteiger partial charge is 0.461 e. The minimum absolute atomic E-state index is 0.0910. The lowest BCUT2D eigenvalue weighted by molar-refractivity contribution is -0.117. The smallest absolute Gasteiger partial charge is 0.295 e. The Kier molecular flexibility index (Phi) is 4.15. The van der Waals surface area contributed by atoms with Crippen LogP contribution in [0.5, 0.6) is 0 Å². The minimum atomic E-state index is -0.607. The lowest BCUT2D eigenvalue weighted by atomic mass is 9.98. The summed E-state index contributed by atoms with van der Waals surface area (Å²) in [7, 11) is 2.07. The molecule has 1 saturated heterocycles. The molecule has 1 aromatic rings. The third-order valence-electron chi connectivity index (χ3n) is 3.22. The fraction of sp³-hybridized carbons (Fsp3) is 0.538. The van der Waals surface area contributed by atoms with Gasteiger partial charge in [-0.3, -0.25) is 9.59 Å². The Balaban J connectivity index is 1.79. The van der Waals surface area contributed by atoms with E-state index in [-0.39, 0.29) is 5.76 Å². The Bertz CT molecular complexity index is 414. The summed E-state index contributed by atoms with van der Waals surface area (Å²) in [5.41, 5.74) is 0. The Morgan fingerprint density at radius 3 is 3.06 bits per heavy atom. The number of amides is 1. The molecule has 0 radical (unpaired) electrons. The van der Waals surface area contributed by atoms with E-state index >= 15 is 0 Å². The molecule has 0 aliphatic carbocycles. The lowest BCUT2D eigenvalue weighted by Crippen LogP contribution is -2.41. The summed E-state index contributed by atoms with van der Waals surface area (Å²) in [4.78, 5) is 25.5. The zero-order valence-electron chi connectivity index (χ0n) is 10.5. The molecule has 5 nitrogen and oxygen atoms in total. The number of ketones is 1. The van der Waals surface area contributed by atoms with Crippen LogP contribution in [0.4, 0.5) is 0 Å². The highest BCUT2D eigenvalue weighted by Gasteiger charge is 2.22. The number of furan rings is 1. The third-order valence-corrected chi connectivity index (χ3v) is 3.22. The lowest BCUT2D eigenvalue weighted by Gasteiger charge is -2.29. The van der Waals surface area contributed by atoms with E-state index in [1.54, 1.807) is 6.07 Å². The van der Waals surface area contributed by atoms with E-state index in [1.165, 1.54) is 12.3 Å². The topological polar surface area (TPSA) is 62.6 Å². The van der Waals surface area contributed by atoms with Gasteiger partial charge < -0.3 is 14.6 Å². The molecule has 18 heavy (non-hydrogen) atoms. The van der Waals surface area contributed by atoms with E-state index in [9.17, 15) is 9.59 Å². The van der Waals surface area contributed by atoms with Gasteiger partial charge in [0.1, 0.15) is 0 Å². The molecule has 0 spiro atoms. The predicted octanol–water partition coefficient (Wildman–Crippen LogP) is 0.920. The van der Waals surface area contributed by atoms with Crippen LogP contribution < -0.4 is 5.32 Å². The van der Waals surface area contributed by atoms with Crippen molar-refractivity contribution in [1.82, 2.24) is 10.2 Å². The first-order valence-corrected chi connectivity index (χ1v) is 6.21. The molecule has 1 atom stereocenters. The van der Waals surface area contributed by atoms with Gasteiger partial charge >= 0.3 is 0 Å². The molecule has 1 aliphatic heterocycles. The van der Waals surface area contributed by atoms with Crippen LogP contribution in [0, 0.1) is 5.92 Å². The molecular formula is C13H18N2O3. The van der Waals surface area contributed by atoms with Crippen molar-refractivity contribution in [3.63, 3.8) is 0 Å². The van der Waals surface area contributed by atoms with Crippen LogP contribution in [0.1, 0.15) is 23.4 Å². The van der Waals surface area contributed by atoms with Crippen LogP contribution in [-0.2, 0) is 4.79 Å². The van der Waals surface area contributed by atoms with Crippen molar-refractivity contribution in [2.45, 2.75) is 12.8 Å². The van der Waals surface area contributed by atoms with Crippen molar-refractivity contribution in [2.24, 2.45) is 5.92 Å². The molecule has 2 heterocycles. The molecular weight excluding hydrogens is 232 g/mol. The summed E-state index contributed by atoms with van der Waals surface area (Å²) in [6.45, 7) is 2.63. The SMILES string of the molecule is CN1CCC[C@H](CNC(=O)C(=O)c2ccco2)C1. The van der Waals surface area contributed by atoms with E-state index < -0.39 is 11.7 Å². The Labute approximate surface area is 106 Å². The molecule has 1 aromatic heterocycles. The van der Waals surface area contributed by atoms with Gasteiger partial charge in [0.25, 0.3) is 11.7 Å². The van der Waals surface area contributed by atoms with Crippen LogP contribution in [0.3, 0.4) is 0 Å². The highest BCUT2D eigenvalue weighted by Crippen LogP contribution is 2.13. The minimum Gasteiger partial charge on any atom is -0.461 e. The summed E-state index contributed by atoms with van der Waals surface area (Å²) < 4.78 is 4.91. The number of Topliss-reactive ketones (excluding diaryl/α,β-unsaturated/α-hetero) is 1. The number of carbonyl (C=O) groups is 2. The van der Waals surface area contributed by atoms with Gasteiger partial charge in [-0.15, -0.1) is 0 Å². The quantitative estimate of drug-likeness (QED) is 0.637. The van der Waals surface area contributed by atoms with E-state index in [0.717, 1.165) is 25.9 Å². The molecule has 0 aromatic carbocycles. The Hall–Kier alpha value is -1.62. The second-order valence-corrected chi connectivity index (χ2v) is 4.79. The van der Waals surface area contributed by atoms with Gasteiger partial charge in [-0.1, -0.05) is 0 Å². The number of piperidine rings is 1. The fourth-order valence-electron chi connectivity index (χ4n) is 2.28. The maximum Gasteiger partial charge on any atom is 0.295 e. The fourth-order valence-corrected chi connectivity index (χ4v) is 2.28. The van der Waals surface area contributed by atoms with Gasteiger partial charge in [-0.25, -0.2) is 0 Å². The van der Waals surface area contributed by atoms with Gasteiger partial charge in [-0.05, 0) is 44.5 Å². The summed E-state index contributed by atoms with van der Waals surface area (Å²) in [5, 5.41) is 2.69. The molecule has 1 aliphatic rings. The van der Waals surface area contributed by atoms with Crippen LogP contribution in [0.15, 0.2) is 22.8 Å². The zero-order valence-corrected chi connectivity index (χ0v) is 10.5. The van der Waals surface area contributed by atoms with E-state index in [4.69, 9.17) is 4.42 Å². The summed E-state index contributed by atoms with van der Waals surface area (Å²) in [6.07, 6.45) is 3.62. The van der Waals surface area contributed by atoms with Gasteiger partial charge in [0, 0.05) is 13.1 Å². The van der Waals surface area contributed by atoms with Crippen molar-refractivity contribution in [3.05, 3.63) is 24.2 Å². The van der Waals surface area contributed by atoms with E-state index in [0.29, 0.717) is 12.5 Å². The molecule has 1 N–H and O–H groups in total. The average molecular weight is 250 g/mol. The number of rotatable bonds is 4. The highest BCUT2D eigenvalue weighted by molar-refractivity contribution is 6.42. The standard InChI is InChI=1S/C13H18N2O3/c1-15-6-2-4-10(9-15)8-14-13(17)12(16)11-5-3-7-18-11/h3,5,7,10H,2,4,6,8-9H2,1H3,(H,14,17)/t10-/m1/s1. The van der Waals surface area contributed by atoms with Crippen molar-refractivity contribution in [3.8, 4) is 0 Å². The number of nitrogens with zero attached hydrogens (tertiary/aromatic N) is 1. The van der Waals surface area contributed by atoms with E-state index in [2.05, 4.69) is 17.3 Å². The van der Waals surface area contributed by atoms with Gasteiger partial charge in [0.2, 0.25) is 0 Å². The first kappa shape index (κ1) is 12.8. The maximum absolute atomic E-state index is 11.6. The maximum atomic E-state index is 11.6. The van der Waals surface area contributed by atoms with Crippen molar-refractivity contribution in [1.29, 1.82) is 0 Å². The molecule has 98 valence electrons. The predicted molar refractivity (Wildman–Crippen MR) is 66.3 cm³/mol. The zero-order chi connectivity index (χ0) is 13.0. The van der Waals surface area contributed by atoms with Crippen molar-refractivity contribution in [2.75, 3.05) is 26.7 Å². The second kappa shape index (κ2) is 5.82. The van der Waals surface area contributed by atoms with Crippen LogP contribution in [-0.4, -0.2) is 43.3 Å². The number of hydrogen-bond acceptors (Lipinski definition) is 4. The second-order valence-electron chi connectivity index (χ2n) is 4.79. The van der Waals surface area contributed by atoms with E-state index in [1.807, 2.05) is 0 Å². The summed E-state index contributed by atoms with van der Waals surface area (Å²) in [5.74, 6) is -0.673. The Morgan fingerprint density at radius 2 is 2.39 bits per heavy atom. The molecule has 0 unspecified atom stereocenters. The number of hydrogen-bond donors (Lipinski definition) is 1. The highest BCUT2D eigenvalue weighted by atomic mass is 16.3. The van der Waals surface area contributed by atoms with Crippen LogP contribution in [0.2, 0.25) is 0 Å². The van der Waals surface area contributed by atoms with Crippen LogP contribution >= 0.6 is 0 Å². The Morgan fingerprint density at radius 1 is 1.56 bits per heavy atom. The first-order chi connectivity index (χ1) is 8.66. The van der Waals surface area contributed by atoms with Gasteiger partial charge in [0.05, 0.1) is 6.26 Å². The number of nitrogens with one attached hydrogen (secondary N) is 1. The average Bonchev–Trinajstić information content (AvgIpc) is 2.89. The normalized spacial score (nSPS) is 20.6. The monoisotopic (exact) mass is 250 g/mol. The van der Waals surface area contributed by atoms with Gasteiger partial charge in [0.15, 0.2) is 5.76 Å². The van der Waals surface area contributed by atoms with Gasteiger partial charge in [-0.2, -0.15) is 0 Å². The molecule has 1 fully saturated rings. The third kappa shape index (κ3) is 3.20. The summed E-state index contributed by atoms with van der Waals surface area (Å²) in [6, 6.07) is 3.09. The molecule has 1 amide bonds. The molecule has 2 rings (SSSR count). The molecule has 5 heteroatoms. The number of likely N-dealkylation sites (tertiary alicyclic amines) is 1. The molecule has 0 saturated carbocycles. The number of carbonyl (C=O) groups excluding carboxylic acids is 2. The first-order valence-electron chi connectivity index (χ1n) is 6.21. The van der Waals surface area contributed by atoms with Crippen molar-refractivity contribution < 1.29 is 14.0 Å². The summed E-state index contributed by atoms with van der Waals surface area (Å²) >= 11 is 0.